The van der Waals surface area contributed by atoms with E-state index in [1.165, 1.54) is 0 Å². The third kappa shape index (κ3) is 2.94. The fraction of sp³-hybridized carbons (Fsp3) is 0.750. The van der Waals surface area contributed by atoms with Gasteiger partial charge in [-0.2, -0.15) is 5.10 Å². The van der Waals surface area contributed by atoms with Gasteiger partial charge in [-0.3, -0.25) is 9.58 Å². The van der Waals surface area contributed by atoms with Crippen molar-refractivity contribution in [1.29, 1.82) is 0 Å². The van der Waals surface area contributed by atoms with E-state index >= 15 is 0 Å². The second kappa shape index (κ2) is 5.58. The van der Waals surface area contributed by atoms with Crippen molar-refractivity contribution in [3.63, 3.8) is 0 Å². The molecule has 3 N–H and O–H groups in total. The summed E-state index contributed by atoms with van der Waals surface area (Å²) in [7, 11) is 1.91. The normalized spacial score (nSPS) is 18.8. The van der Waals surface area contributed by atoms with Gasteiger partial charge in [-0.05, 0) is 13.8 Å². The Morgan fingerprint density at radius 3 is 2.67 bits per heavy atom. The quantitative estimate of drug-likeness (QED) is 0.815. The van der Waals surface area contributed by atoms with Crippen LogP contribution in [0.4, 0.5) is 11.5 Å². The van der Waals surface area contributed by atoms with Crippen LogP contribution in [-0.2, 0) is 11.8 Å². The molecule has 18 heavy (non-hydrogen) atoms. The summed E-state index contributed by atoms with van der Waals surface area (Å²) in [5.74, 6) is 0.910. The summed E-state index contributed by atoms with van der Waals surface area (Å²) < 4.78 is 7.15. The minimum absolute atomic E-state index is 0.334. The molecule has 1 aromatic rings. The lowest BCUT2D eigenvalue weighted by Crippen LogP contribution is -2.42. The highest BCUT2D eigenvalue weighted by atomic mass is 16.5. The first-order chi connectivity index (χ1) is 8.58. The smallest absolute Gasteiger partial charge is 0.148 e. The van der Waals surface area contributed by atoms with Gasteiger partial charge >= 0.3 is 0 Å². The second-order valence-corrected chi connectivity index (χ2v) is 4.93. The van der Waals surface area contributed by atoms with E-state index in [2.05, 4.69) is 22.2 Å². The molecule has 2 rings (SSSR count). The maximum atomic E-state index is 6.01. The van der Waals surface area contributed by atoms with Gasteiger partial charge < -0.3 is 15.8 Å². The zero-order valence-corrected chi connectivity index (χ0v) is 11.4. The number of ether oxygens (including phenoxy) is 1. The first-order valence-corrected chi connectivity index (χ1v) is 6.43. The van der Waals surface area contributed by atoms with Crippen molar-refractivity contribution in [1.82, 2.24) is 14.7 Å². The molecule has 1 unspecified atom stereocenters. The summed E-state index contributed by atoms with van der Waals surface area (Å²) in [6.45, 7) is 8.76. The molecule has 2 heterocycles. The molecule has 0 spiro atoms. The lowest BCUT2D eigenvalue weighted by atomic mass is 10.2. The van der Waals surface area contributed by atoms with E-state index in [1.54, 1.807) is 4.68 Å². The number of rotatable bonds is 4. The minimum atomic E-state index is 0.334. The topological polar surface area (TPSA) is 68.3 Å². The van der Waals surface area contributed by atoms with E-state index in [4.69, 9.17) is 10.5 Å². The maximum absolute atomic E-state index is 6.01. The Bertz CT molecular complexity index is 397. The van der Waals surface area contributed by atoms with Crippen LogP contribution in [0.15, 0.2) is 0 Å². The van der Waals surface area contributed by atoms with E-state index in [1.807, 2.05) is 14.0 Å². The average Bonchev–Trinajstić information content (AvgIpc) is 2.57. The molecule has 1 aliphatic heterocycles. The van der Waals surface area contributed by atoms with Crippen LogP contribution >= 0.6 is 0 Å². The highest BCUT2D eigenvalue weighted by Gasteiger charge is 2.16. The number of nitrogens with one attached hydrogen (secondary N) is 1. The number of aryl methyl sites for hydroxylation is 2. The van der Waals surface area contributed by atoms with E-state index in [-0.39, 0.29) is 0 Å². The van der Waals surface area contributed by atoms with Crippen LogP contribution in [0.2, 0.25) is 0 Å². The predicted molar refractivity (Wildman–Crippen MR) is 72.7 cm³/mol. The number of anilines is 2. The molecular weight excluding hydrogens is 230 g/mol. The molecule has 0 saturated carbocycles. The van der Waals surface area contributed by atoms with Gasteiger partial charge in [0.05, 0.1) is 24.6 Å². The van der Waals surface area contributed by atoms with Crippen LogP contribution in [0.1, 0.15) is 12.6 Å². The number of nitrogens with two attached hydrogens (primary N) is 1. The highest BCUT2D eigenvalue weighted by molar-refractivity contribution is 5.64. The number of aromatic nitrogens is 2. The molecule has 0 amide bonds. The molecule has 1 fully saturated rings. The van der Waals surface area contributed by atoms with Crippen molar-refractivity contribution in [2.45, 2.75) is 19.9 Å². The number of nitrogens with zero attached hydrogens (tertiary/aromatic N) is 3. The third-order valence-electron chi connectivity index (χ3n) is 3.29. The van der Waals surface area contributed by atoms with Gasteiger partial charge in [-0.25, -0.2) is 0 Å². The molecule has 1 saturated heterocycles. The van der Waals surface area contributed by atoms with Crippen molar-refractivity contribution >= 4 is 11.5 Å². The van der Waals surface area contributed by atoms with Gasteiger partial charge in [-0.1, -0.05) is 0 Å². The Kier molecular flexibility index (Phi) is 4.08. The van der Waals surface area contributed by atoms with Crippen molar-refractivity contribution in [2.75, 3.05) is 43.9 Å². The minimum Gasteiger partial charge on any atom is -0.394 e. The average molecular weight is 253 g/mol. The Morgan fingerprint density at radius 1 is 1.44 bits per heavy atom. The Balaban J connectivity index is 1.91. The third-order valence-corrected chi connectivity index (χ3v) is 3.29. The number of morpholine rings is 1. The van der Waals surface area contributed by atoms with Crippen LogP contribution in [0, 0.1) is 6.92 Å². The van der Waals surface area contributed by atoms with Gasteiger partial charge in [0.2, 0.25) is 0 Å². The molecular formula is C12H23N5O. The van der Waals surface area contributed by atoms with Crippen molar-refractivity contribution in [3.8, 4) is 0 Å². The number of hydrogen-bond acceptors (Lipinski definition) is 5. The highest BCUT2D eigenvalue weighted by Crippen LogP contribution is 2.21. The van der Waals surface area contributed by atoms with Crippen LogP contribution in [0.5, 0.6) is 0 Å². The second-order valence-electron chi connectivity index (χ2n) is 4.93. The van der Waals surface area contributed by atoms with Gasteiger partial charge in [0.15, 0.2) is 0 Å². The van der Waals surface area contributed by atoms with E-state index in [0.717, 1.165) is 50.0 Å². The van der Waals surface area contributed by atoms with Crippen molar-refractivity contribution < 1.29 is 4.74 Å². The largest absolute Gasteiger partial charge is 0.394 e. The maximum Gasteiger partial charge on any atom is 0.148 e. The molecule has 6 nitrogen and oxygen atoms in total. The van der Waals surface area contributed by atoms with Gasteiger partial charge in [0.1, 0.15) is 5.82 Å². The van der Waals surface area contributed by atoms with E-state index in [0.29, 0.717) is 6.04 Å². The zero-order chi connectivity index (χ0) is 13.1. The lowest BCUT2D eigenvalue weighted by Gasteiger charge is -2.29. The van der Waals surface area contributed by atoms with Crippen LogP contribution in [0.25, 0.3) is 0 Å². The standard InChI is InChI=1S/C12H23N5O/c1-9(8-17-4-6-18-7-5-17)14-12-11(13)10(2)15-16(12)3/h9,14H,4-8,13H2,1-3H3. The van der Waals surface area contributed by atoms with E-state index in [9.17, 15) is 0 Å². The summed E-state index contributed by atoms with van der Waals surface area (Å²) in [4.78, 5) is 2.40. The lowest BCUT2D eigenvalue weighted by molar-refractivity contribution is 0.0368. The van der Waals surface area contributed by atoms with Crippen molar-refractivity contribution in [2.24, 2.45) is 7.05 Å². The van der Waals surface area contributed by atoms with Crippen molar-refractivity contribution in [3.05, 3.63) is 5.69 Å². The first-order valence-electron chi connectivity index (χ1n) is 6.43. The van der Waals surface area contributed by atoms with Crippen LogP contribution in [-0.4, -0.2) is 53.6 Å². The summed E-state index contributed by atoms with van der Waals surface area (Å²) >= 11 is 0. The first kappa shape index (κ1) is 13.2. The Morgan fingerprint density at radius 2 is 2.11 bits per heavy atom. The van der Waals surface area contributed by atoms with Crippen LogP contribution < -0.4 is 11.1 Å². The predicted octanol–water partition coefficient (Wildman–Crippen LogP) is 0.443. The van der Waals surface area contributed by atoms with E-state index < -0.39 is 0 Å². The molecule has 0 aliphatic carbocycles. The molecule has 102 valence electrons. The fourth-order valence-corrected chi connectivity index (χ4v) is 2.30. The molecule has 1 atom stereocenters. The Labute approximate surface area is 108 Å². The molecule has 0 radical (unpaired) electrons. The summed E-state index contributed by atoms with van der Waals surface area (Å²) in [6, 6.07) is 0.334. The monoisotopic (exact) mass is 253 g/mol. The number of hydrogen-bond donors (Lipinski definition) is 2. The molecule has 6 heteroatoms. The summed E-state index contributed by atoms with van der Waals surface area (Å²) in [6.07, 6.45) is 0. The van der Waals surface area contributed by atoms with Gasteiger partial charge in [-0.15, -0.1) is 0 Å². The van der Waals surface area contributed by atoms with Crippen LogP contribution in [0.3, 0.4) is 0 Å². The SMILES string of the molecule is Cc1nn(C)c(NC(C)CN2CCOCC2)c1N. The fourth-order valence-electron chi connectivity index (χ4n) is 2.30. The van der Waals surface area contributed by atoms with Gasteiger partial charge in [0.25, 0.3) is 0 Å². The summed E-state index contributed by atoms with van der Waals surface area (Å²) in [5, 5.41) is 7.75. The summed E-state index contributed by atoms with van der Waals surface area (Å²) in [5.41, 5.74) is 7.62. The Hall–Kier alpha value is -1.27. The van der Waals surface area contributed by atoms with Gasteiger partial charge in [0, 0.05) is 32.7 Å². The molecule has 0 aromatic carbocycles. The number of nitrogen functional groups attached to an aromatic ring is 1. The molecule has 1 aromatic heterocycles. The zero-order valence-electron chi connectivity index (χ0n) is 11.4. The molecule has 1 aliphatic rings. The molecule has 0 bridgehead atoms.